The van der Waals surface area contributed by atoms with Crippen LogP contribution in [0.2, 0.25) is 0 Å². The molecular weight excluding hydrogens is 1240 g/mol. The molecule has 0 saturated carbocycles. The van der Waals surface area contributed by atoms with Crippen LogP contribution in [0, 0.1) is 0 Å². The highest BCUT2D eigenvalue weighted by Crippen LogP contribution is 2.33. The van der Waals surface area contributed by atoms with E-state index in [1.54, 1.807) is 6.08 Å². The summed E-state index contributed by atoms with van der Waals surface area (Å²) >= 11 is 0. The predicted molar refractivity (Wildman–Crippen MR) is 383 cm³/mol. The van der Waals surface area contributed by atoms with E-state index in [1.165, 1.54) is 135 Å². The van der Waals surface area contributed by atoms with Gasteiger partial charge in [-0.15, -0.1) is 0 Å². The zero-order valence-corrected chi connectivity index (χ0v) is 59.5. The van der Waals surface area contributed by atoms with Crippen LogP contribution in [-0.2, 0) is 33.2 Å². The molecule has 3 saturated heterocycles. The van der Waals surface area contributed by atoms with Gasteiger partial charge < -0.3 is 89.9 Å². The first kappa shape index (κ1) is 87.9. The molecule has 0 aromatic heterocycles. The smallest absolute Gasteiger partial charge is 0.220 e. The Morgan fingerprint density at radius 2 is 0.722 bits per heavy atom. The number of allylic oxidation sites excluding steroid dienone is 15. The molecule has 0 bridgehead atoms. The number of rotatable bonds is 58. The second-order valence-electron chi connectivity index (χ2n) is 26.7. The SMILES string of the molecule is CC/C=C\C/C=C\C/C=C\C/C=C\C/C=C\CCCCCCCCCCCCCC(=O)NC(COC1OC(CO)C(OC2OC(CO)C(OC3OC(CO)C(O)C(O)C3O)C(O)C2O)C(O)C1O)C(O)/C=C/CC/C=C/CC/C=C/CCCCCCCCCCCCCCCCC. The van der Waals surface area contributed by atoms with Crippen LogP contribution in [0.5, 0.6) is 0 Å². The topological polar surface area (TPSA) is 307 Å². The van der Waals surface area contributed by atoms with E-state index in [9.17, 15) is 61.0 Å². The summed E-state index contributed by atoms with van der Waals surface area (Å²) < 4.78 is 34.4. The predicted octanol–water partition coefficient (Wildman–Crippen LogP) is 11.6. The van der Waals surface area contributed by atoms with Crippen molar-refractivity contribution in [3.8, 4) is 0 Å². The Morgan fingerprint density at radius 3 is 1.15 bits per heavy atom. The van der Waals surface area contributed by atoms with Crippen LogP contribution in [0.1, 0.15) is 258 Å². The minimum Gasteiger partial charge on any atom is -0.394 e. The first-order chi connectivity index (χ1) is 47.3. The third-order valence-corrected chi connectivity index (χ3v) is 18.3. The summed E-state index contributed by atoms with van der Waals surface area (Å²) in [5, 5.41) is 121. The summed E-state index contributed by atoms with van der Waals surface area (Å²) in [5.41, 5.74) is 0. The van der Waals surface area contributed by atoms with E-state index in [-0.39, 0.29) is 18.9 Å². The monoisotopic (exact) mass is 1370 g/mol. The average Bonchev–Trinajstić information content (AvgIpc) is 0.790. The van der Waals surface area contributed by atoms with Gasteiger partial charge in [-0.1, -0.05) is 259 Å². The number of aliphatic hydroxyl groups excluding tert-OH is 11. The van der Waals surface area contributed by atoms with E-state index in [4.69, 9.17) is 28.4 Å². The van der Waals surface area contributed by atoms with Crippen LogP contribution in [-0.4, -0.2) is 193 Å². The molecule has 3 rings (SSSR count). The van der Waals surface area contributed by atoms with Crippen molar-refractivity contribution in [1.82, 2.24) is 5.32 Å². The Bertz CT molecular complexity index is 2130. The third kappa shape index (κ3) is 39.1. The molecule has 0 aliphatic carbocycles. The van der Waals surface area contributed by atoms with E-state index >= 15 is 0 Å². The number of carbonyl (C=O) groups excluding carboxylic acids is 1. The zero-order chi connectivity index (χ0) is 70.4. The van der Waals surface area contributed by atoms with Gasteiger partial charge in [0.05, 0.1) is 38.6 Å². The molecule has 560 valence electrons. The number of hydrogen-bond donors (Lipinski definition) is 12. The minimum atomic E-state index is -1.99. The summed E-state index contributed by atoms with van der Waals surface area (Å²) in [4.78, 5) is 13.4. The Hall–Kier alpha value is -3.29. The molecule has 3 aliphatic rings. The fourth-order valence-electron chi connectivity index (χ4n) is 12.3. The second kappa shape index (κ2) is 58.2. The molecule has 3 fully saturated rings. The summed E-state index contributed by atoms with van der Waals surface area (Å²) in [7, 11) is 0. The highest BCUT2D eigenvalue weighted by Gasteiger charge is 2.53. The molecule has 19 nitrogen and oxygen atoms in total. The molecule has 0 spiro atoms. The van der Waals surface area contributed by atoms with Gasteiger partial charge in [0.1, 0.15) is 73.2 Å². The summed E-state index contributed by atoms with van der Waals surface area (Å²) in [6.07, 6.45) is 51.0. The first-order valence-corrected chi connectivity index (χ1v) is 38.0. The number of ether oxygens (including phenoxy) is 6. The van der Waals surface area contributed by atoms with Gasteiger partial charge in [0.15, 0.2) is 18.9 Å². The molecule has 0 aromatic carbocycles. The normalized spacial score (nSPS) is 27.5. The van der Waals surface area contributed by atoms with E-state index in [0.29, 0.717) is 12.8 Å². The zero-order valence-electron chi connectivity index (χ0n) is 59.5. The van der Waals surface area contributed by atoms with Crippen molar-refractivity contribution in [2.75, 3.05) is 26.4 Å². The number of carbonyl (C=O) groups is 1. The Labute approximate surface area is 583 Å². The van der Waals surface area contributed by atoms with Crippen molar-refractivity contribution in [3.05, 3.63) is 97.2 Å². The summed E-state index contributed by atoms with van der Waals surface area (Å²) in [5.74, 6) is -0.295. The molecule has 0 radical (unpaired) electrons. The van der Waals surface area contributed by atoms with Crippen molar-refractivity contribution in [2.45, 2.75) is 362 Å². The van der Waals surface area contributed by atoms with Gasteiger partial charge in [-0.05, 0) is 89.9 Å². The van der Waals surface area contributed by atoms with Crippen LogP contribution in [0.25, 0.3) is 0 Å². The highest BCUT2D eigenvalue weighted by atomic mass is 16.8. The van der Waals surface area contributed by atoms with Gasteiger partial charge in [0, 0.05) is 6.42 Å². The lowest BCUT2D eigenvalue weighted by Gasteiger charge is -2.48. The Balaban J connectivity index is 1.43. The number of hydrogen-bond acceptors (Lipinski definition) is 18. The van der Waals surface area contributed by atoms with Gasteiger partial charge in [0.25, 0.3) is 0 Å². The van der Waals surface area contributed by atoms with E-state index in [2.05, 4.69) is 104 Å². The van der Waals surface area contributed by atoms with Crippen LogP contribution >= 0.6 is 0 Å². The van der Waals surface area contributed by atoms with E-state index < -0.39 is 124 Å². The lowest BCUT2D eigenvalue weighted by molar-refractivity contribution is -0.379. The minimum absolute atomic E-state index is 0.223. The van der Waals surface area contributed by atoms with Crippen LogP contribution in [0.4, 0.5) is 0 Å². The van der Waals surface area contributed by atoms with Crippen LogP contribution in [0.3, 0.4) is 0 Å². The van der Waals surface area contributed by atoms with Crippen LogP contribution < -0.4 is 5.32 Å². The fraction of sp³-hybridized carbons (Fsp3) is 0.782. The van der Waals surface area contributed by atoms with Gasteiger partial charge in [-0.2, -0.15) is 0 Å². The van der Waals surface area contributed by atoms with Gasteiger partial charge in [-0.25, -0.2) is 0 Å². The molecule has 19 heteroatoms. The van der Waals surface area contributed by atoms with Crippen molar-refractivity contribution >= 4 is 5.91 Å². The number of unbranched alkanes of at least 4 members (excludes halogenated alkanes) is 28. The highest BCUT2D eigenvalue weighted by molar-refractivity contribution is 5.76. The quantitative estimate of drug-likeness (QED) is 0.0199. The first-order valence-electron chi connectivity index (χ1n) is 38.0. The second-order valence-corrected chi connectivity index (χ2v) is 26.7. The molecule has 12 N–H and O–H groups in total. The summed E-state index contributed by atoms with van der Waals surface area (Å²) in [6.45, 7) is 1.60. The van der Waals surface area contributed by atoms with E-state index in [0.717, 1.165) is 89.9 Å². The molecule has 17 atom stereocenters. The van der Waals surface area contributed by atoms with Crippen molar-refractivity contribution in [3.63, 3.8) is 0 Å². The largest absolute Gasteiger partial charge is 0.394 e. The third-order valence-electron chi connectivity index (χ3n) is 18.3. The Kier molecular flexibility index (Phi) is 52.8. The standard InChI is InChI=1S/C78H135NO18/c1-3-5-7-9-11-13-15-17-19-21-23-25-27-29-30-32-34-36-38-40-42-44-46-48-50-52-54-56-66(84)79-61(62(83)55-53-51-49-47-45-43-41-39-37-35-33-31-28-26-24-22-20-18-16-14-12-10-8-6-4-2)60-92-76-72(90)69(87)74(64(58-81)94-76)97-78-73(91)70(88)75(65(59-82)95-78)96-77-71(89)68(86)67(85)63(57-80)93-77/h5,7,11,13,17,19,23,25,29-30,37,39,45,47,53,55,61-65,67-78,80-83,85-91H,3-4,6,8-10,12,14-16,18,20-22,24,26-28,31-36,38,40-44,46,48-52,54,56-60H2,1-2H3,(H,79,84)/b7-5-,13-11-,19-17-,25-23-,30-29-,39-37+,47-45+,55-53+. The van der Waals surface area contributed by atoms with Gasteiger partial charge in [-0.3, -0.25) is 4.79 Å². The molecule has 97 heavy (non-hydrogen) atoms. The number of amides is 1. The molecule has 3 heterocycles. The fourth-order valence-corrected chi connectivity index (χ4v) is 12.3. The molecule has 17 unspecified atom stereocenters. The van der Waals surface area contributed by atoms with E-state index in [1.807, 2.05) is 6.08 Å². The molecule has 3 aliphatic heterocycles. The van der Waals surface area contributed by atoms with Gasteiger partial charge >= 0.3 is 0 Å². The van der Waals surface area contributed by atoms with Crippen molar-refractivity contribution in [1.29, 1.82) is 0 Å². The maximum Gasteiger partial charge on any atom is 0.220 e. The maximum absolute atomic E-state index is 13.4. The van der Waals surface area contributed by atoms with Crippen molar-refractivity contribution < 1.29 is 89.4 Å². The summed E-state index contributed by atoms with van der Waals surface area (Å²) in [6, 6.07) is -1.01. The van der Waals surface area contributed by atoms with Crippen LogP contribution in [0.15, 0.2) is 97.2 Å². The number of nitrogens with one attached hydrogen (secondary N) is 1. The molecule has 0 aromatic rings. The van der Waals surface area contributed by atoms with Gasteiger partial charge in [0.2, 0.25) is 5.91 Å². The molecule has 1 amide bonds. The maximum atomic E-state index is 13.4. The lowest BCUT2D eigenvalue weighted by atomic mass is 9.96. The molecular formula is C78H135NO18. The average molecular weight is 1370 g/mol. The lowest BCUT2D eigenvalue weighted by Crippen LogP contribution is -2.66. The number of aliphatic hydroxyl groups is 11. The Morgan fingerprint density at radius 1 is 0.381 bits per heavy atom. The van der Waals surface area contributed by atoms with Crippen molar-refractivity contribution in [2.24, 2.45) is 0 Å².